The Labute approximate surface area is 156 Å². The number of nitrogens with zero attached hydrogens (tertiary/aromatic N) is 5. The molecule has 0 radical (unpaired) electrons. The second kappa shape index (κ2) is 6.22. The van der Waals surface area contributed by atoms with Crippen LogP contribution in [0, 0.1) is 5.92 Å². The van der Waals surface area contributed by atoms with Crippen LogP contribution in [0.4, 0.5) is 11.5 Å². The molecule has 0 aromatic carbocycles. The van der Waals surface area contributed by atoms with Crippen LogP contribution < -0.4 is 11.1 Å². The second-order valence-corrected chi connectivity index (χ2v) is 7.29. The molecule has 4 aromatic rings. The largest absolute Gasteiger partial charge is 0.397 e. The minimum absolute atomic E-state index is 0.344. The predicted molar refractivity (Wildman–Crippen MR) is 104 cm³/mol. The predicted octanol–water partition coefficient (Wildman–Crippen LogP) is 2.97. The van der Waals surface area contributed by atoms with Gasteiger partial charge in [0.15, 0.2) is 11.3 Å². The summed E-state index contributed by atoms with van der Waals surface area (Å²) in [5.74, 6) is 2.79. The summed E-state index contributed by atoms with van der Waals surface area (Å²) >= 11 is 0. The van der Waals surface area contributed by atoms with Crippen molar-refractivity contribution in [3.63, 3.8) is 0 Å². The van der Waals surface area contributed by atoms with Crippen LogP contribution >= 0.6 is 0 Å². The second-order valence-electron chi connectivity index (χ2n) is 7.29. The SMILES string of the molecule is CC[C@@H]1C[C@H](Nc2ccc(N)cn2)CC1c1nnc2cnc3[nH]ccc3n12. The lowest BCUT2D eigenvalue weighted by atomic mass is 9.93. The van der Waals surface area contributed by atoms with Gasteiger partial charge in [0, 0.05) is 18.2 Å². The molecule has 4 heterocycles. The number of fused-ring (bicyclic) bond motifs is 3. The molecule has 27 heavy (non-hydrogen) atoms. The van der Waals surface area contributed by atoms with Crippen molar-refractivity contribution in [2.75, 3.05) is 11.1 Å². The minimum Gasteiger partial charge on any atom is -0.397 e. The molecule has 138 valence electrons. The van der Waals surface area contributed by atoms with Gasteiger partial charge in [0.1, 0.15) is 11.6 Å². The van der Waals surface area contributed by atoms with E-state index in [1.807, 2.05) is 24.4 Å². The summed E-state index contributed by atoms with van der Waals surface area (Å²) < 4.78 is 2.15. The molecular formula is C19H22N8. The maximum Gasteiger partial charge on any atom is 0.179 e. The highest BCUT2D eigenvalue weighted by Crippen LogP contribution is 2.42. The highest BCUT2D eigenvalue weighted by molar-refractivity contribution is 5.74. The Hall–Kier alpha value is -3.16. The molecule has 1 aliphatic rings. The number of H-pyrrole nitrogens is 1. The zero-order chi connectivity index (χ0) is 18.4. The monoisotopic (exact) mass is 362 g/mol. The van der Waals surface area contributed by atoms with Crippen molar-refractivity contribution in [2.45, 2.75) is 38.1 Å². The van der Waals surface area contributed by atoms with Crippen molar-refractivity contribution >= 4 is 28.3 Å². The Balaban J connectivity index is 1.48. The summed E-state index contributed by atoms with van der Waals surface area (Å²) in [5.41, 5.74) is 9.09. The van der Waals surface area contributed by atoms with Crippen molar-refractivity contribution in [1.82, 2.24) is 29.5 Å². The minimum atomic E-state index is 0.344. The summed E-state index contributed by atoms with van der Waals surface area (Å²) in [6, 6.07) is 6.20. The lowest BCUT2D eigenvalue weighted by molar-refractivity contribution is 0.451. The van der Waals surface area contributed by atoms with Gasteiger partial charge in [-0.2, -0.15) is 0 Å². The number of rotatable bonds is 4. The Morgan fingerprint density at radius 3 is 2.93 bits per heavy atom. The number of aromatic nitrogens is 6. The van der Waals surface area contributed by atoms with E-state index < -0.39 is 0 Å². The van der Waals surface area contributed by atoms with Crippen LogP contribution in [-0.4, -0.2) is 35.6 Å². The number of hydrogen-bond acceptors (Lipinski definition) is 6. The maximum absolute atomic E-state index is 5.74. The van der Waals surface area contributed by atoms with Gasteiger partial charge in [0.05, 0.1) is 23.6 Å². The quantitative estimate of drug-likeness (QED) is 0.515. The molecule has 0 spiro atoms. The lowest BCUT2D eigenvalue weighted by Crippen LogP contribution is -2.16. The highest BCUT2D eigenvalue weighted by atomic mass is 15.3. The number of nitrogen functional groups attached to an aromatic ring is 1. The summed E-state index contributed by atoms with van der Waals surface area (Å²) in [5, 5.41) is 12.5. The third-order valence-electron chi connectivity index (χ3n) is 5.66. The van der Waals surface area contributed by atoms with Crippen molar-refractivity contribution in [2.24, 2.45) is 5.92 Å². The van der Waals surface area contributed by atoms with Gasteiger partial charge in [-0.1, -0.05) is 13.3 Å². The number of hydrogen-bond donors (Lipinski definition) is 3. The van der Waals surface area contributed by atoms with E-state index in [-0.39, 0.29) is 0 Å². The maximum atomic E-state index is 5.74. The third kappa shape index (κ3) is 2.68. The standard InChI is InChI=1S/C19H22N8/c1-2-11-7-13(24-16-4-3-12(20)9-22-16)8-14(11)19-26-25-17-10-23-18-15(27(17)19)5-6-21-18/h3-6,9-11,13-14,21H,2,7-8,20H2,1H3,(H,22,24)/t11-,13+,14?/m1/s1. The molecule has 3 atom stereocenters. The average Bonchev–Trinajstić information content (AvgIpc) is 3.39. The van der Waals surface area contributed by atoms with Crippen LogP contribution in [0.25, 0.3) is 16.8 Å². The third-order valence-corrected chi connectivity index (χ3v) is 5.66. The Morgan fingerprint density at radius 2 is 2.11 bits per heavy atom. The van der Waals surface area contributed by atoms with E-state index in [0.29, 0.717) is 23.6 Å². The van der Waals surface area contributed by atoms with Gasteiger partial charge in [-0.05, 0) is 37.0 Å². The molecule has 8 nitrogen and oxygen atoms in total. The number of nitrogens with two attached hydrogens (primary N) is 1. The molecule has 0 aliphatic heterocycles. The lowest BCUT2D eigenvalue weighted by Gasteiger charge is -2.15. The van der Waals surface area contributed by atoms with E-state index in [2.05, 4.69) is 41.8 Å². The first-order valence-electron chi connectivity index (χ1n) is 9.38. The molecule has 4 aromatic heterocycles. The van der Waals surface area contributed by atoms with Gasteiger partial charge in [0.2, 0.25) is 0 Å². The molecule has 5 rings (SSSR count). The fourth-order valence-corrected chi connectivity index (χ4v) is 4.35. The molecule has 1 aliphatic carbocycles. The molecular weight excluding hydrogens is 340 g/mol. The molecule has 0 amide bonds. The van der Waals surface area contributed by atoms with Crippen molar-refractivity contribution in [3.05, 3.63) is 42.6 Å². The van der Waals surface area contributed by atoms with E-state index in [1.165, 1.54) is 0 Å². The molecule has 1 fully saturated rings. The Kier molecular flexibility index (Phi) is 3.70. The van der Waals surface area contributed by atoms with E-state index in [4.69, 9.17) is 5.73 Å². The summed E-state index contributed by atoms with van der Waals surface area (Å²) in [7, 11) is 0. The molecule has 1 saturated carbocycles. The van der Waals surface area contributed by atoms with Gasteiger partial charge in [-0.25, -0.2) is 9.97 Å². The first kappa shape index (κ1) is 16.0. The van der Waals surface area contributed by atoms with E-state index in [0.717, 1.165) is 47.7 Å². The zero-order valence-electron chi connectivity index (χ0n) is 15.1. The average molecular weight is 362 g/mol. The first-order chi connectivity index (χ1) is 13.2. The highest BCUT2D eigenvalue weighted by Gasteiger charge is 2.37. The van der Waals surface area contributed by atoms with Crippen LogP contribution in [0.3, 0.4) is 0 Å². The van der Waals surface area contributed by atoms with E-state index in [1.54, 1.807) is 12.4 Å². The van der Waals surface area contributed by atoms with E-state index >= 15 is 0 Å². The van der Waals surface area contributed by atoms with Gasteiger partial charge in [-0.15, -0.1) is 10.2 Å². The number of anilines is 2. The molecule has 1 unspecified atom stereocenters. The molecule has 0 bridgehead atoms. The van der Waals surface area contributed by atoms with Crippen LogP contribution in [-0.2, 0) is 0 Å². The Bertz CT molecular complexity index is 1080. The number of nitrogens with one attached hydrogen (secondary N) is 2. The van der Waals surface area contributed by atoms with Gasteiger partial charge in [-0.3, -0.25) is 4.40 Å². The van der Waals surface area contributed by atoms with Crippen molar-refractivity contribution < 1.29 is 0 Å². The molecule has 0 saturated heterocycles. The fraction of sp³-hybridized carbons (Fsp3) is 0.368. The summed E-state index contributed by atoms with van der Waals surface area (Å²) in [6.45, 7) is 2.25. The van der Waals surface area contributed by atoms with Crippen LogP contribution in [0.15, 0.2) is 36.8 Å². The number of aromatic amines is 1. The summed E-state index contributed by atoms with van der Waals surface area (Å²) in [4.78, 5) is 12.0. The Morgan fingerprint density at radius 1 is 1.19 bits per heavy atom. The van der Waals surface area contributed by atoms with Crippen LogP contribution in [0.2, 0.25) is 0 Å². The van der Waals surface area contributed by atoms with E-state index in [9.17, 15) is 0 Å². The van der Waals surface area contributed by atoms with Gasteiger partial charge < -0.3 is 16.0 Å². The van der Waals surface area contributed by atoms with Crippen LogP contribution in [0.1, 0.15) is 37.9 Å². The van der Waals surface area contributed by atoms with Gasteiger partial charge in [0.25, 0.3) is 0 Å². The summed E-state index contributed by atoms with van der Waals surface area (Å²) in [6.07, 6.45) is 8.56. The van der Waals surface area contributed by atoms with Crippen molar-refractivity contribution in [1.29, 1.82) is 0 Å². The van der Waals surface area contributed by atoms with Crippen LogP contribution in [0.5, 0.6) is 0 Å². The number of pyridine rings is 1. The first-order valence-corrected chi connectivity index (χ1v) is 9.38. The van der Waals surface area contributed by atoms with Gasteiger partial charge >= 0.3 is 0 Å². The normalized spacial score (nSPS) is 22.6. The molecule has 8 heteroatoms. The zero-order valence-corrected chi connectivity index (χ0v) is 15.1. The topological polar surface area (TPSA) is 110 Å². The van der Waals surface area contributed by atoms with Crippen molar-refractivity contribution in [3.8, 4) is 0 Å². The smallest absolute Gasteiger partial charge is 0.179 e. The molecule has 4 N–H and O–H groups in total. The fourth-order valence-electron chi connectivity index (χ4n) is 4.35.